The van der Waals surface area contributed by atoms with Gasteiger partial charge in [-0.15, -0.1) is 0 Å². The van der Waals surface area contributed by atoms with E-state index in [1.165, 1.54) is 231 Å². The van der Waals surface area contributed by atoms with Gasteiger partial charge in [0.2, 0.25) is 5.91 Å². The maximum absolute atomic E-state index is 13.2. The van der Waals surface area contributed by atoms with Crippen LogP contribution in [0.1, 0.15) is 323 Å². The largest absolute Gasteiger partial charge is 0.462 e. The lowest BCUT2D eigenvalue weighted by molar-refractivity contribution is -0.151. The number of esters is 1. The number of carbonyl (C=O) groups excluding carboxylic acids is 2. The number of aliphatic hydroxyl groups is 2. The van der Waals surface area contributed by atoms with Crippen LogP contribution in [-0.2, 0) is 14.3 Å². The molecule has 6 heteroatoms. The summed E-state index contributed by atoms with van der Waals surface area (Å²) >= 11 is 0. The Morgan fingerprint density at radius 3 is 1.11 bits per heavy atom. The minimum Gasteiger partial charge on any atom is -0.462 e. The Labute approximate surface area is 399 Å². The third-order valence-electron chi connectivity index (χ3n) is 13.6. The van der Waals surface area contributed by atoms with E-state index < -0.39 is 18.2 Å². The summed E-state index contributed by atoms with van der Waals surface area (Å²) in [5.41, 5.74) is 0. The summed E-state index contributed by atoms with van der Waals surface area (Å²) in [5, 5.41) is 23.8. The minimum absolute atomic E-state index is 0.0839. The topological polar surface area (TPSA) is 95.9 Å². The van der Waals surface area contributed by atoms with Crippen LogP contribution in [0.3, 0.4) is 0 Å². The highest BCUT2D eigenvalue weighted by Crippen LogP contribution is 2.19. The van der Waals surface area contributed by atoms with E-state index in [2.05, 4.69) is 38.2 Å². The van der Waals surface area contributed by atoms with Crippen molar-refractivity contribution in [2.45, 2.75) is 341 Å². The molecule has 64 heavy (non-hydrogen) atoms. The van der Waals surface area contributed by atoms with E-state index in [1.807, 2.05) is 0 Å². The monoisotopic (exact) mass is 904 g/mol. The maximum atomic E-state index is 13.2. The average Bonchev–Trinajstić information content (AvgIpc) is 3.29. The summed E-state index contributed by atoms with van der Waals surface area (Å²) in [4.78, 5) is 26.2. The molecular weight excluding hydrogens is 791 g/mol. The van der Waals surface area contributed by atoms with Crippen LogP contribution >= 0.6 is 0 Å². The summed E-state index contributed by atoms with van der Waals surface area (Å²) in [6, 6.07) is -0.695. The van der Waals surface area contributed by atoms with Crippen molar-refractivity contribution in [2.24, 2.45) is 0 Å². The fourth-order valence-corrected chi connectivity index (χ4v) is 9.19. The van der Waals surface area contributed by atoms with Crippen molar-refractivity contribution in [3.8, 4) is 0 Å². The Hall–Kier alpha value is -1.40. The van der Waals surface area contributed by atoms with E-state index in [9.17, 15) is 19.8 Å². The molecule has 0 aliphatic heterocycles. The van der Waals surface area contributed by atoms with E-state index in [4.69, 9.17) is 4.74 Å². The summed E-state index contributed by atoms with van der Waals surface area (Å²) in [6.45, 7) is 6.51. The predicted molar refractivity (Wildman–Crippen MR) is 278 cm³/mol. The van der Waals surface area contributed by atoms with Gasteiger partial charge in [0, 0.05) is 6.42 Å². The van der Waals surface area contributed by atoms with Crippen LogP contribution < -0.4 is 5.32 Å². The minimum atomic E-state index is -0.782. The van der Waals surface area contributed by atoms with E-state index in [0.29, 0.717) is 19.3 Å². The third kappa shape index (κ3) is 47.1. The first-order chi connectivity index (χ1) is 31.5. The molecule has 6 nitrogen and oxygen atoms in total. The lowest BCUT2D eigenvalue weighted by atomic mass is 10.0. The molecule has 0 aromatic heterocycles. The van der Waals surface area contributed by atoms with Gasteiger partial charge in [-0.2, -0.15) is 0 Å². The lowest BCUT2D eigenvalue weighted by Crippen LogP contribution is -2.46. The maximum Gasteiger partial charge on any atom is 0.306 e. The third-order valence-corrected chi connectivity index (χ3v) is 13.6. The summed E-state index contributed by atoms with van der Waals surface area (Å²) in [5.74, 6) is -0.457. The quantitative estimate of drug-likeness (QED) is 0.0321. The normalized spacial score (nSPS) is 13.1. The van der Waals surface area contributed by atoms with Crippen LogP contribution in [0.25, 0.3) is 0 Å². The first kappa shape index (κ1) is 62.6. The summed E-state index contributed by atoms with van der Waals surface area (Å²) < 4.78 is 5.94. The molecule has 0 spiro atoms. The van der Waals surface area contributed by atoms with Gasteiger partial charge >= 0.3 is 5.97 Å². The number of aliphatic hydroxyl groups excluding tert-OH is 2. The first-order valence-corrected chi connectivity index (χ1v) is 28.9. The highest BCUT2D eigenvalue weighted by Gasteiger charge is 2.24. The lowest BCUT2D eigenvalue weighted by Gasteiger charge is -2.24. The molecule has 1 amide bonds. The summed E-state index contributed by atoms with van der Waals surface area (Å²) in [7, 11) is 0. The number of carbonyl (C=O) groups is 2. The van der Waals surface area contributed by atoms with Crippen LogP contribution in [0.5, 0.6) is 0 Å². The molecule has 0 radical (unpaired) electrons. The Kier molecular flexibility index (Phi) is 51.4. The molecule has 380 valence electrons. The molecule has 0 aromatic carbocycles. The predicted octanol–water partition coefficient (Wildman–Crippen LogP) is 17.7. The number of unbranched alkanes of at least 4 members (excludes halogenated alkanes) is 39. The van der Waals surface area contributed by atoms with Gasteiger partial charge in [-0.3, -0.25) is 9.59 Å². The van der Waals surface area contributed by atoms with Crippen LogP contribution in [-0.4, -0.2) is 46.9 Å². The number of ether oxygens (including phenoxy) is 1. The SMILES string of the molecule is CCCCCCCC/C=C/CCCCCCCCCCCC(=O)OC(CCCCCCCCCCC)CC(=O)NC(CO)C(O)CCCCCCCCCCCCCCCCCCC. The van der Waals surface area contributed by atoms with Crippen molar-refractivity contribution in [1.29, 1.82) is 0 Å². The van der Waals surface area contributed by atoms with Gasteiger partial charge in [0.05, 0.1) is 25.2 Å². The molecule has 0 rings (SSSR count). The zero-order chi connectivity index (χ0) is 46.7. The van der Waals surface area contributed by atoms with Gasteiger partial charge in [-0.05, 0) is 51.4 Å². The molecule has 0 saturated heterocycles. The zero-order valence-electron chi connectivity index (χ0n) is 43.4. The fraction of sp³-hybridized carbons (Fsp3) is 0.931. The standard InChI is InChI=1S/C58H113NO5/c1-4-7-10-13-16-19-21-23-25-27-28-30-32-34-36-39-42-45-48-51-58(63)64-54(49-46-43-40-37-18-15-12-9-6-3)52-57(62)59-55(53-60)56(61)50-47-44-41-38-35-33-31-29-26-24-22-20-17-14-11-8-5-2/h23,25,54-56,60-61H,4-22,24,26-53H2,1-3H3,(H,59,62)/b25-23+. The van der Waals surface area contributed by atoms with Crippen molar-refractivity contribution in [2.75, 3.05) is 6.61 Å². The molecule has 0 aromatic rings. The smallest absolute Gasteiger partial charge is 0.306 e. The van der Waals surface area contributed by atoms with Gasteiger partial charge in [-0.25, -0.2) is 0 Å². The van der Waals surface area contributed by atoms with Crippen molar-refractivity contribution in [3.63, 3.8) is 0 Å². The number of nitrogens with one attached hydrogen (secondary N) is 1. The van der Waals surface area contributed by atoms with E-state index in [1.54, 1.807) is 0 Å². The van der Waals surface area contributed by atoms with Gasteiger partial charge in [0.25, 0.3) is 0 Å². The first-order valence-electron chi connectivity index (χ1n) is 28.9. The van der Waals surface area contributed by atoms with Crippen molar-refractivity contribution in [1.82, 2.24) is 5.32 Å². The molecule has 0 bridgehead atoms. The molecule has 3 atom stereocenters. The number of rotatable bonds is 53. The highest BCUT2D eigenvalue weighted by atomic mass is 16.5. The van der Waals surface area contributed by atoms with Crippen molar-refractivity contribution >= 4 is 11.9 Å². The number of amides is 1. The molecule has 0 fully saturated rings. The van der Waals surface area contributed by atoms with Gasteiger partial charge < -0.3 is 20.3 Å². The van der Waals surface area contributed by atoms with Crippen LogP contribution in [0.2, 0.25) is 0 Å². The van der Waals surface area contributed by atoms with Gasteiger partial charge in [-0.1, -0.05) is 270 Å². The molecule has 0 aliphatic rings. The summed E-state index contributed by atoms with van der Waals surface area (Å²) in [6.07, 6.45) is 60.0. The number of hydrogen-bond donors (Lipinski definition) is 3. The van der Waals surface area contributed by atoms with E-state index in [-0.39, 0.29) is 24.9 Å². The van der Waals surface area contributed by atoms with Crippen LogP contribution in [0, 0.1) is 0 Å². The molecule has 0 saturated carbocycles. The second-order valence-corrected chi connectivity index (χ2v) is 20.1. The number of allylic oxidation sites excluding steroid dienone is 2. The fourth-order valence-electron chi connectivity index (χ4n) is 9.19. The van der Waals surface area contributed by atoms with Crippen molar-refractivity contribution < 1.29 is 24.5 Å². The van der Waals surface area contributed by atoms with Crippen LogP contribution in [0.4, 0.5) is 0 Å². The van der Waals surface area contributed by atoms with Gasteiger partial charge in [0.15, 0.2) is 0 Å². The Balaban J connectivity index is 4.33. The van der Waals surface area contributed by atoms with Gasteiger partial charge in [0.1, 0.15) is 6.10 Å². The second kappa shape index (κ2) is 52.6. The Bertz CT molecular complexity index is 970. The Morgan fingerprint density at radius 1 is 0.438 bits per heavy atom. The van der Waals surface area contributed by atoms with E-state index >= 15 is 0 Å². The molecule has 3 N–H and O–H groups in total. The molecule has 3 unspecified atom stereocenters. The molecular formula is C58H113NO5. The van der Waals surface area contributed by atoms with Crippen molar-refractivity contribution in [3.05, 3.63) is 12.2 Å². The van der Waals surface area contributed by atoms with E-state index in [0.717, 1.165) is 44.9 Å². The molecule has 0 aliphatic carbocycles. The highest BCUT2D eigenvalue weighted by molar-refractivity contribution is 5.77. The van der Waals surface area contributed by atoms with Crippen LogP contribution in [0.15, 0.2) is 12.2 Å². The molecule has 0 heterocycles. The average molecular weight is 905 g/mol. The Morgan fingerprint density at radius 2 is 0.750 bits per heavy atom. The number of hydrogen-bond acceptors (Lipinski definition) is 5. The second-order valence-electron chi connectivity index (χ2n) is 20.1. The zero-order valence-corrected chi connectivity index (χ0v) is 43.4.